The van der Waals surface area contributed by atoms with Crippen molar-refractivity contribution in [2.45, 2.75) is 19.0 Å². The third-order valence-corrected chi connectivity index (χ3v) is 5.97. The van der Waals surface area contributed by atoms with Gasteiger partial charge in [0.15, 0.2) is 4.77 Å². The predicted molar refractivity (Wildman–Crippen MR) is 121 cm³/mol. The molecule has 1 unspecified atom stereocenters. The summed E-state index contributed by atoms with van der Waals surface area (Å²) in [5.74, 6) is 0.231. The molecule has 168 valence electrons. The monoisotopic (exact) mass is 489 g/mol. The molecule has 4 aromatic rings. The molecule has 0 bridgehead atoms. The first-order chi connectivity index (χ1) is 15.6. The van der Waals surface area contributed by atoms with Crippen LogP contribution >= 0.6 is 23.8 Å². The van der Waals surface area contributed by atoms with Gasteiger partial charge >= 0.3 is 6.18 Å². The number of rotatable bonds is 2. The number of anilines is 2. The Morgan fingerprint density at radius 1 is 1.09 bits per heavy atom. The molecule has 2 aromatic heterocycles. The number of alkyl halides is 3. The summed E-state index contributed by atoms with van der Waals surface area (Å²) >= 11 is 11.3. The van der Waals surface area contributed by atoms with E-state index in [-0.39, 0.29) is 4.77 Å². The highest BCUT2D eigenvalue weighted by Crippen LogP contribution is 2.45. The van der Waals surface area contributed by atoms with Crippen LogP contribution in [0.3, 0.4) is 0 Å². The molecule has 1 atom stereocenters. The highest BCUT2D eigenvalue weighted by molar-refractivity contribution is 7.71. The summed E-state index contributed by atoms with van der Waals surface area (Å²) in [7, 11) is 0. The Balaban J connectivity index is 1.77. The van der Waals surface area contributed by atoms with Crippen molar-refractivity contribution in [3.63, 3.8) is 0 Å². The quantitative estimate of drug-likeness (QED) is 0.272. The van der Waals surface area contributed by atoms with Crippen molar-refractivity contribution in [2.75, 3.05) is 5.32 Å². The van der Waals surface area contributed by atoms with Gasteiger partial charge in [-0.05, 0) is 55.0 Å². The van der Waals surface area contributed by atoms with Gasteiger partial charge in [0.1, 0.15) is 11.6 Å². The smallest absolute Gasteiger partial charge is 0.326 e. The van der Waals surface area contributed by atoms with E-state index in [1.165, 1.54) is 12.1 Å². The van der Waals surface area contributed by atoms with Gasteiger partial charge < -0.3 is 10.3 Å². The van der Waals surface area contributed by atoms with Gasteiger partial charge in [-0.15, -0.1) is 0 Å². The minimum absolute atomic E-state index is 0.117. The second-order valence-electron chi connectivity index (χ2n) is 7.61. The molecule has 0 radical (unpaired) electrons. The molecule has 0 aliphatic carbocycles. The van der Waals surface area contributed by atoms with Gasteiger partial charge in [0.2, 0.25) is 0 Å². The number of nitrogens with one attached hydrogen (secondary N) is 3. The third-order valence-electron chi connectivity index (χ3n) is 5.53. The SMILES string of the molecule is Cc1nn(-c2cccc(Cl)c2)c2c1C(c1ccc(C(F)(F)F)cc1)c1c([nH]c(=S)[nH]c1=O)N2. The van der Waals surface area contributed by atoms with Crippen molar-refractivity contribution >= 4 is 35.5 Å². The summed E-state index contributed by atoms with van der Waals surface area (Å²) in [6.07, 6.45) is -4.47. The average molecular weight is 490 g/mol. The average Bonchev–Trinajstić information content (AvgIpc) is 3.08. The van der Waals surface area contributed by atoms with Gasteiger partial charge in [0.05, 0.1) is 22.5 Å². The van der Waals surface area contributed by atoms with E-state index in [4.69, 9.17) is 23.8 Å². The summed E-state index contributed by atoms with van der Waals surface area (Å²) in [5.41, 5.74) is 1.56. The van der Waals surface area contributed by atoms with Crippen LogP contribution in [0.25, 0.3) is 5.69 Å². The fraction of sp³-hybridized carbons (Fsp3) is 0.136. The first-order valence-electron chi connectivity index (χ1n) is 9.79. The van der Waals surface area contributed by atoms with Gasteiger partial charge in [0.25, 0.3) is 5.56 Å². The molecule has 6 nitrogen and oxygen atoms in total. The maximum absolute atomic E-state index is 13.1. The summed E-state index contributed by atoms with van der Waals surface area (Å²) < 4.78 is 41.2. The van der Waals surface area contributed by atoms with Gasteiger partial charge in [-0.3, -0.25) is 9.78 Å². The first kappa shape index (κ1) is 21.5. The van der Waals surface area contributed by atoms with Crippen LogP contribution in [0.15, 0.2) is 53.3 Å². The highest BCUT2D eigenvalue weighted by Gasteiger charge is 2.36. The van der Waals surface area contributed by atoms with Crippen molar-refractivity contribution < 1.29 is 13.2 Å². The number of hydrogen-bond donors (Lipinski definition) is 3. The lowest BCUT2D eigenvalue weighted by atomic mass is 9.83. The van der Waals surface area contributed by atoms with E-state index in [1.54, 1.807) is 29.8 Å². The number of fused-ring (bicyclic) bond motifs is 2. The Kier molecular flexibility index (Phi) is 4.95. The number of benzene rings is 2. The molecule has 11 heteroatoms. The Morgan fingerprint density at radius 3 is 2.48 bits per heavy atom. The van der Waals surface area contributed by atoms with Gasteiger partial charge in [-0.2, -0.15) is 18.3 Å². The summed E-state index contributed by atoms with van der Waals surface area (Å²) in [4.78, 5) is 18.4. The van der Waals surface area contributed by atoms with E-state index in [1.807, 2.05) is 6.07 Å². The van der Waals surface area contributed by atoms with Gasteiger partial charge in [0, 0.05) is 16.5 Å². The maximum atomic E-state index is 13.1. The molecule has 0 saturated carbocycles. The minimum atomic E-state index is -4.47. The normalized spacial score (nSPS) is 15.0. The lowest BCUT2D eigenvalue weighted by Crippen LogP contribution is -2.26. The standard InChI is InChI=1S/C22H15ClF3N5OS/c1-10-15-16(11-5-7-12(8-6-11)22(24,25)26)17-18(28-21(33)29-20(17)32)27-19(15)31(30-10)14-4-2-3-13(23)9-14/h2-9,16H,1H3,(H3,27,28,29,32,33). The second kappa shape index (κ2) is 7.60. The summed E-state index contributed by atoms with van der Waals surface area (Å²) in [5, 5.41) is 8.35. The molecule has 2 aromatic carbocycles. The molecule has 3 heterocycles. The number of hydrogen-bond acceptors (Lipinski definition) is 4. The topological polar surface area (TPSA) is 78.5 Å². The van der Waals surface area contributed by atoms with Crippen LogP contribution in [0.1, 0.15) is 33.9 Å². The van der Waals surface area contributed by atoms with Crippen LogP contribution in [0, 0.1) is 11.7 Å². The van der Waals surface area contributed by atoms with Crippen LogP contribution in [0.5, 0.6) is 0 Å². The van der Waals surface area contributed by atoms with Crippen LogP contribution in [0.2, 0.25) is 5.02 Å². The van der Waals surface area contributed by atoms with E-state index in [0.717, 1.165) is 12.1 Å². The second-order valence-corrected chi connectivity index (χ2v) is 8.46. The maximum Gasteiger partial charge on any atom is 0.416 e. The van der Waals surface area contributed by atoms with Crippen LogP contribution in [-0.2, 0) is 6.18 Å². The number of aryl methyl sites for hydroxylation is 1. The van der Waals surface area contributed by atoms with Crippen molar-refractivity contribution in [1.29, 1.82) is 0 Å². The molecule has 33 heavy (non-hydrogen) atoms. The molecule has 5 rings (SSSR count). The lowest BCUT2D eigenvalue weighted by molar-refractivity contribution is -0.137. The molecule has 1 aliphatic rings. The fourth-order valence-corrected chi connectivity index (χ4v) is 4.51. The Bertz CT molecular complexity index is 1500. The molecule has 0 spiro atoms. The molecule has 0 saturated heterocycles. The number of aromatic amines is 2. The first-order valence-corrected chi connectivity index (χ1v) is 10.6. The van der Waals surface area contributed by atoms with E-state index in [2.05, 4.69) is 20.4 Å². The van der Waals surface area contributed by atoms with E-state index in [9.17, 15) is 18.0 Å². The largest absolute Gasteiger partial charge is 0.416 e. The van der Waals surface area contributed by atoms with E-state index >= 15 is 0 Å². The highest BCUT2D eigenvalue weighted by atomic mass is 35.5. The van der Waals surface area contributed by atoms with Crippen molar-refractivity contribution in [3.8, 4) is 5.69 Å². The zero-order chi connectivity index (χ0) is 23.5. The number of aromatic nitrogens is 4. The summed E-state index contributed by atoms with van der Waals surface area (Å²) in [6.45, 7) is 1.78. The number of nitrogens with zero attached hydrogens (tertiary/aromatic N) is 2. The van der Waals surface area contributed by atoms with Crippen molar-refractivity contribution in [1.82, 2.24) is 19.7 Å². The Hall–Kier alpha value is -3.37. The third kappa shape index (κ3) is 3.65. The van der Waals surface area contributed by atoms with Crippen LogP contribution < -0.4 is 10.9 Å². The van der Waals surface area contributed by atoms with Crippen molar-refractivity contribution in [3.05, 3.63) is 96.6 Å². The van der Waals surface area contributed by atoms with E-state index < -0.39 is 23.2 Å². The van der Waals surface area contributed by atoms with E-state index in [0.29, 0.717) is 44.7 Å². The molecular weight excluding hydrogens is 475 g/mol. The van der Waals surface area contributed by atoms with Crippen LogP contribution in [-0.4, -0.2) is 19.7 Å². The number of H-pyrrole nitrogens is 2. The van der Waals surface area contributed by atoms with Crippen molar-refractivity contribution in [2.24, 2.45) is 0 Å². The summed E-state index contributed by atoms with van der Waals surface area (Å²) in [6, 6.07) is 11.8. The molecule has 1 aliphatic heterocycles. The van der Waals surface area contributed by atoms with Gasteiger partial charge in [-0.25, -0.2) is 4.68 Å². The van der Waals surface area contributed by atoms with Gasteiger partial charge in [-0.1, -0.05) is 29.8 Å². The zero-order valence-corrected chi connectivity index (χ0v) is 18.5. The predicted octanol–water partition coefficient (Wildman–Crippen LogP) is 5.84. The van der Waals surface area contributed by atoms with Crippen LogP contribution in [0.4, 0.5) is 24.8 Å². The molecule has 0 fully saturated rings. The molecular formula is C22H15ClF3N5OS. The zero-order valence-electron chi connectivity index (χ0n) is 16.9. The number of halogens is 4. The lowest BCUT2D eigenvalue weighted by Gasteiger charge is -2.27. The Labute approximate surface area is 195 Å². The fourth-order valence-electron chi connectivity index (χ4n) is 4.13. The molecule has 3 N–H and O–H groups in total. The molecule has 0 amide bonds. The minimum Gasteiger partial charge on any atom is -0.326 e. The Morgan fingerprint density at radius 2 is 1.82 bits per heavy atom.